The van der Waals surface area contributed by atoms with Crippen molar-refractivity contribution >= 4 is 22.8 Å². The van der Waals surface area contributed by atoms with Crippen LogP contribution in [-0.2, 0) is 0 Å². The molecule has 4 heteroatoms. The second-order valence-corrected chi connectivity index (χ2v) is 5.97. The summed E-state index contributed by atoms with van der Waals surface area (Å²) in [6.45, 7) is 6.59. The summed E-state index contributed by atoms with van der Waals surface area (Å²) in [5.74, 6) is 0. The molecule has 0 radical (unpaired) electrons. The Labute approximate surface area is 113 Å². The van der Waals surface area contributed by atoms with Crippen molar-refractivity contribution in [1.82, 2.24) is 15.3 Å². The quantitative estimate of drug-likeness (QED) is 0.594. The summed E-state index contributed by atoms with van der Waals surface area (Å²) in [5.41, 5.74) is 2.16. The predicted molar refractivity (Wildman–Crippen MR) is 79.2 cm³/mol. The topological polar surface area (TPSA) is 40.7 Å². The second-order valence-electron chi connectivity index (χ2n) is 4.55. The maximum absolute atomic E-state index is 4.58. The summed E-state index contributed by atoms with van der Waals surface area (Å²) in [4.78, 5) is 7.93. The van der Waals surface area contributed by atoms with E-state index in [-0.39, 0.29) is 0 Å². The number of H-pyrrole nitrogens is 1. The Kier molecular flexibility index (Phi) is 5.08. The van der Waals surface area contributed by atoms with Crippen molar-refractivity contribution in [3.63, 3.8) is 0 Å². The molecule has 0 bridgehead atoms. The molecule has 1 atom stereocenters. The van der Waals surface area contributed by atoms with Crippen LogP contribution in [0.2, 0.25) is 0 Å². The molecule has 1 aromatic carbocycles. The summed E-state index contributed by atoms with van der Waals surface area (Å²) in [7, 11) is 0. The van der Waals surface area contributed by atoms with Gasteiger partial charge in [-0.25, -0.2) is 4.98 Å². The fourth-order valence-corrected chi connectivity index (χ4v) is 2.73. The first-order valence-electron chi connectivity index (χ1n) is 6.61. The monoisotopic (exact) mass is 263 g/mol. The molecule has 2 aromatic rings. The molecule has 1 heterocycles. The molecular weight excluding hydrogens is 242 g/mol. The molecule has 0 spiro atoms. The fraction of sp³-hybridized carbons (Fsp3) is 0.500. The molecule has 2 rings (SSSR count). The van der Waals surface area contributed by atoms with Crippen molar-refractivity contribution in [2.75, 3.05) is 13.1 Å². The highest BCUT2D eigenvalue weighted by atomic mass is 32.2. The van der Waals surface area contributed by atoms with E-state index in [0.29, 0.717) is 5.25 Å². The Hall–Kier alpha value is -1.00. The lowest BCUT2D eigenvalue weighted by Gasteiger charge is -2.10. The van der Waals surface area contributed by atoms with Gasteiger partial charge in [-0.3, -0.25) is 0 Å². The number of rotatable bonds is 7. The van der Waals surface area contributed by atoms with E-state index in [1.165, 1.54) is 12.8 Å². The van der Waals surface area contributed by atoms with E-state index in [1.807, 2.05) is 18.2 Å². The van der Waals surface area contributed by atoms with Gasteiger partial charge in [-0.15, -0.1) is 0 Å². The van der Waals surface area contributed by atoms with Gasteiger partial charge in [0.25, 0.3) is 0 Å². The molecule has 0 aliphatic heterocycles. The lowest BCUT2D eigenvalue weighted by atomic mass is 10.3. The minimum Gasteiger partial charge on any atom is -0.333 e. The van der Waals surface area contributed by atoms with E-state index in [0.717, 1.165) is 29.3 Å². The SMILES string of the molecule is CCCCNCC(C)Sc1nc2ccccc2[nH]1. The highest BCUT2D eigenvalue weighted by Gasteiger charge is 2.08. The lowest BCUT2D eigenvalue weighted by Crippen LogP contribution is -2.23. The smallest absolute Gasteiger partial charge is 0.166 e. The first kappa shape index (κ1) is 13.4. The van der Waals surface area contributed by atoms with Gasteiger partial charge in [-0.05, 0) is 25.1 Å². The number of aromatic nitrogens is 2. The van der Waals surface area contributed by atoms with Gasteiger partial charge < -0.3 is 10.3 Å². The number of unbranched alkanes of at least 4 members (excludes halogenated alkanes) is 1. The Morgan fingerprint density at radius 2 is 2.22 bits per heavy atom. The van der Waals surface area contributed by atoms with Gasteiger partial charge >= 0.3 is 0 Å². The number of nitrogens with one attached hydrogen (secondary N) is 2. The molecular formula is C14H21N3S. The number of benzene rings is 1. The van der Waals surface area contributed by atoms with Crippen molar-refractivity contribution in [1.29, 1.82) is 0 Å². The van der Waals surface area contributed by atoms with Gasteiger partial charge in [0.1, 0.15) is 0 Å². The minimum atomic E-state index is 0.530. The summed E-state index contributed by atoms with van der Waals surface area (Å²) in [5, 5.41) is 5.02. The third-order valence-corrected chi connectivity index (χ3v) is 3.81. The highest BCUT2D eigenvalue weighted by molar-refractivity contribution is 7.99. The van der Waals surface area contributed by atoms with E-state index in [2.05, 4.69) is 35.2 Å². The molecule has 0 saturated carbocycles. The van der Waals surface area contributed by atoms with E-state index in [9.17, 15) is 0 Å². The first-order chi connectivity index (χ1) is 8.79. The van der Waals surface area contributed by atoms with E-state index in [1.54, 1.807) is 11.8 Å². The second kappa shape index (κ2) is 6.81. The molecule has 0 saturated heterocycles. The van der Waals surface area contributed by atoms with Crippen molar-refractivity contribution < 1.29 is 0 Å². The van der Waals surface area contributed by atoms with Crippen LogP contribution in [-0.4, -0.2) is 28.3 Å². The first-order valence-corrected chi connectivity index (χ1v) is 7.49. The average molecular weight is 263 g/mol. The molecule has 18 heavy (non-hydrogen) atoms. The van der Waals surface area contributed by atoms with Crippen LogP contribution in [0.15, 0.2) is 29.4 Å². The molecule has 0 aliphatic carbocycles. The zero-order valence-electron chi connectivity index (χ0n) is 11.1. The number of aromatic amines is 1. The molecule has 1 unspecified atom stereocenters. The van der Waals surface area contributed by atoms with Crippen LogP contribution in [0, 0.1) is 0 Å². The summed E-state index contributed by atoms with van der Waals surface area (Å²) in [6.07, 6.45) is 2.50. The van der Waals surface area contributed by atoms with Gasteiger partial charge in [0, 0.05) is 11.8 Å². The number of nitrogens with zero attached hydrogens (tertiary/aromatic N) is 1. The number of imidazole rings is 1. The van der Waals surface area contributed by atoms with E-state index in [4.69, 9.17) is 0 Å². The number of hydrogen-bond donors (Lipinski definition) is 2. The predicted octanol–water partition coefficient (Wildman–Crippen LogP) is 3.43. The van der Waals surface area contributed by atoms with Crippen molar-refractivity contribution in [3.8, 4) is 0 Å². The molecule has 98 valence electrons. The van der Waals surface area contributed by atoms with Crippen LogP contribution in [0.3, 0.4) is 0 Å². The van der Waals surface area contributed by atoms with Gasteiger partial charge in [0.2, 0.25) is 0 Å². The van der Waals surface area contributed by atoms with Crippen LogP contribution in [0.5, 0.6) is 0 Å². The van der Waals surface area contributed by atoms with E-state index < -0.39 is 0 Å². The summed E-state index contributed by atoms with van der Waals surface area (Å²) in [6, 6.07) is 8.16. The van der Waals surface area contributed by atoms with Crippen LogP contribution in [0.1, 0.15) is 26.7 Å². The van der Waals surface area contributed by atoms with Gasteiger partial charge in [0.15, 0.2) is 5.16 Å². The van der Waals surface area contributed by atoms with Crippen molar-refractivity contribution in [2.45, 2.75) is 37.1 Å². The minimum absolute atomic E-state index is 0.530. The summed E-state index contributed by atoms with van der Waals surface area (Å²) >= 11 is 1.80. The maximum Gasteiger partial charge on any atom is 0.166 e. The summed E-state index contributed by atoms with van der Waals surface area (Å²) < 4.78 is 0. The molecule has 2 N–H and O–H groups in total. The van der Waals surface area contributed by atoms with Crippen LogP contribution < -0.4 is 5.32 Å². The largest absolute Gasteiger partial charge is 0.333 e. The van der Waals surface area contributed by atoms with Crippen LogP contribution in [0.25, 0.3) is 11.0 Å². The molecule has 1 aromatic heterocycles. The fourth-order valence-electron chi connectivity index (χ4n) is 1.82. The van der Waals surface area contributed by atoms with Gasteiger partial charge in [0.05, 0.1) is 11.0 Å². The lowest BCUT2D eigenvalue weighted by molar-refractivity contribution is 0.638. The molecule has 0 amide bonds. The number of thioether (sulfide) groups is 1. The highest BCUT2D eigenvalue weighted by Crippen LogP contribution is 2.22. The standard InChI is InChI=1S/C14H21N3S/c1-3-4-9-15-10-11(2)18-14-16-12-7-5-6-8-13(12)17-14/h5-8,11,15H,3-4,9-10H2,1-2H3,(H,16,17). The van der Waals surface area contributed by atoms with E-state index >= 15 is 0 Å². The van der Waals surface area contributed by atoms with Crippen molar-refractivity contribution in [3.05, 3.63) is 24.3 Å². The molecule has 3 nitrogen and oxygen atoms in total. The zero-order chi connectivity index (χ0) is 12.8. The molecule has 0 fully saturated rings. The number of hydrogen-bond acceptors (Lipinski definition) is 3. The Bertz CT molecular complexity index is 448. The maximum atomic E-state index is 4.58. The number of fused-ring (bicyclic) bond motifs is 1. The Morgan fingerprint density at radius 3 is 3.00 bits per heavy atom. The third kappa shape index (κ3) is 3.75. The molecule has 0 aliphatic rings. The van der Waals surface area contributed by atoms with Crippen molar-refractivity contribution in [2.24, 2.45) is 0 Å². The van der Waals surface area contributed by atoms with Gasteiger partial charge in [-0.2, -0.15) is 0 Å². The number of para-hydroxylation sites is 2. The van der Waals surface area contributed by atoms with Gasteiger partial charge in [-0.1, -0.05) is 44.2 Å². The normalized spacial score (nSPS) is 13.0. The van der Waals surface area contributed by atoms with Crippen LogP contribution >= 0.6 is 11.8 Å². The zero-order valence-corrected chi connectivity index (χ0v) is 11.9. The Morgan fingerprint density at radius 1 is 1.39 bits per heavy atom. The third-order valence-electron chi connectivity index (χ3n) is 2.82. The average Bonchev–Trinajstić information content (AvgIpc) is 2.76. The van der Waals surface area contributed by atoms with Crippen LogP contribution in [0.4, 0.5) is 0 Å². The Balaban J connectivity index is 1.84.